The average Bonchev–Trinajstić information content (AvgIpc) is 2.69. The number of benzene rings is 2. The summed E-state index contributed by atoms with van der Waals surface area (Å²) < 4.78 is 0. The first kappa shape index (κ1) is 14.8. The van der Waals surface area contributed by atoms with Gasteiger partial charge in [-0.25, -0.2) is 4.98 Å². The molecule has 0 spiro atoms. The number of aromatic nitrogens is 3. The second-order valence-electron chi connectivity index (χ2n) is 6.06. The Labute approximate surface area is 142 Å². The fraction of sp³-hybridized carbons (Fsp3) is 0.190. The third-order valence-electron chi connectivity index (χ3n) is 4.71. The van der Waals surface area contributed by atoms with E-state index in [4.69, 9.17) is 0 Å². The van der Waals surface area contributed by atoms with Crippen molar-refractivity contribution in [2.24, 2.45) is 0 Å². The van der Waals surface area contributed by atoms with Crippen molar-refractivity contribution in [3.8, 4) is 11.1 Å². The smallest absolute Gasteiger partial charge is 0.138 e. The van der Waals surface area contributed by atoms with Gasteiger partial charge in [-0.1, -0.05) is 48.6 Å². The van der Waals surface area contributed by atoms with Gasteiger partial charge in [-0.05, 0) is 59.1 Å². The van der Waals surface area contributed by atoms with Crippen LogP contribution in [0.25, 0.3) is 11.1 Å². The van der Waals surface area contributed by atoms with Crippen LogP contribution in [0.2, 0.25) is 0 Å². The molecule has 5 rings (SSSR count). The van der Waals surface area contributed by atoms with Gasteiger partial charge in [-0.3, -0.25) is 0 Å². The molecular formula is C21H19N3. The normalized spacial score (nSPS) is 13.8. The molecule has 2 aromatic carbocycles. The van der Waals surface area contributed by atoms with Gasteiger partial charge >= 0.3 is 0 Å². The molecular weight excluding hydrogens is 294 g/mol. The van der Waals surface area contributed by atoms with Gasteiger partial charge in [0.1, 0.15) is 6.33 Å². The zero-order valence-electron chi connectivity index (χ0n) is 13.5. The maximum Gasteiger partial charge on any atom is 0.138 e. The monoisotopic (exact) mass is 313 g/mol. The molecule has 3 nitrogen and oxygen atoms in total. The lowest BCUT2D eigenvalue weighted by molar-refractivity contribution is 0.908. The van der Waals surface area contributed by atoms with E-state index in [0.717, 1.165) is 12.8 Å². The summed E-state index contributed by atoms with van der Waals surface area (Å²) in [6.07, 6.45) is 13.8. The molecule has 118 valence electrons. The molecule has 3 aromatic rings. The Hall–Kier alpha value is -2.81. The molecule has 2 aliphatic rings. The minimum absolute atomic E-state index is 1.12. The number of allylic oxidation sites excluding steroid dienone is 2. The molecule has 2 aliphatic carbocycles. The third-order valence-corrected chi connectivity index (χ3v) is 4.71. The maximum atomic E-state index is 3.61. The Balaban J connectivity index is 0.000000207. The van der Waals surface area contributed by atoms with Gasteiger partial charge in [0.25, 0.3) is 0 Å². The van der Waals surface area contributed by atoms with Gasteiger partial charge in [0, 0.05) is 6.20 Å². The molecule has 3 heteroatoms. The van der Waals surface area contributed by atoms with Gasteiger partial charge in [0.05, 0.1) is 6.20 Å². The molecule has 0 amide bonds. The zero-order chi connectivity index (χ0) is 16.2. The zero-order valence-corrected chi connectivity index (χ0v) is 13.5. The number of nitrogens with zero attached hydrogens (tertiary/aromatic N) is 3. The third kappa shape index (κ3) is 2.85. The first-order valence-corrected chi connectivity index (χ1v) is 8.37. The van der Waals surface area contributed by atoms with Gasteiger partial charge < -0.3 is 0 Å². The Kier molecular flexibility index (Phi) is 4.15. The van der Waals surface area contributed by atoms with Crippen LogP contribution in [0.1, 0.15) is 22.3 Å². The summed E-state index contributed by atoms with van der Waals surface area (Å²) >= 11 is 0. The molecule has 0 radical (unpaired) electrons. The average molecular weight is 313 g/mol. The van der Waals surface area contributed by atoms with E-state index in [0.29, 0.717) is 0 Å². The second kappa shape index (κ2) is 6.75. The minimum Gasteiger partial charge on any atom is -0.241 e. The predicted molar refractivity (Wildman–Crippen MR) is 95.7 cm³/mol. The molecule has 0 fully saturated rings. The van der Waals surface area contributed by atoms with Crippen molar-refractivity contribution in [1.29, 1.82) is 0 Å². The van der Waals surface area contributed by atoms with Crippen LogP contribution in [0.3, 0.4) is 0 Å². The highest BCUT2D eigenvalue weighted by Gasteiger charge is 2.20. The van der Waals surface area contributed by atoms with Crippen LogP contribution in [0.15, 0.2) is 67.3 Å². The van der Waals surface area contributed by atoms with E-state index in [9.17, 15) is 0 Å². The molecule has 0 bridgehead atoms. The van der Waals surface area contributed by atoms with Crippen molar-refractivity contribution in [3.63, 3.8) is 0 Å². The van der Waals surface area contributed by atoms with E-state index in [1.54, 1.807) is 17.3 Å². The molecule has 1 heterocycles. The standard InChI is InChI=1S/C18H16.C3H3N3/c1-3-7-15-13(5-1)9-11-18-16-8-4-2-6-14(16)10-12-17(15)18;1-2-5-6-3-4-1/h1-5,7,10,12H,6,8-9,11H2;1-3H. The van der Waals surface area contributed by atoms with Crippen LogP contribution < -0.4 is 0 Å². The summed E-state index contributed by atoms with van der Waals surface area (Å²) in [4.78, 5) is 3.61. The quantitative estimate of drug-likeness (QED) is 0.589. The Morgan fingerprint density at radius 1 is 0.667 bits per heavy atom. The SMILES string of the molecule is C1=CCc2c(ccc3c2CCc2ccccc2-3)C1.c1cnncn1. The van der Waals surface area contributed by atoms with E-state index < -0.39 is 0 Å². The van der Waals surface area contributed by atoms with Crippen molar-refractivity contribution in [3.05, 3.63) is 89.5 Å². The first-order valence-electron chi connectivity index (χ1n) is 8.37. The van der Waals surface area contributed by atoms with Crippen LogP contribution in [0.4, 0.5) is 0 Å². The topological polar surface area (TPSA) is 38.7 Å². The Morgan fingerprint density at radius 2 is 1.58 bits per heavy atom. The summed E-state index contributed by atoms with van der Waals surface area (Å²) in [5.41, 5.74) is 9.19. The van der Waals surface area contributed by atoms with Crippen LogP contribution in [-0.2, 0) is 25.7 Å². The van der Waals surface area contributed by atoms with Crippen LogP contribution in [0.5, 0.6) is 0 Å². The van der Waals surface area contributed by atoms with Crippen molar-refractivity contribution >= 4 is 0 Å². The Morgan fingerprint density at radius 3 is 2.38 bits per heavy atom. The summed E-state index contributed by atoms with van der Waals surface area (Å²) in [7, 11) is 0. The van der Waals surface area contributed by atoms with Crippen LogP contribution in [-0.4, -0.2) is 15.2 Å². The number of aryl methyl sites for hydroxylation is 1. The fourth-order valence-corrected chi connectivity index (χ4v) is 3.60. The van der Waals surface area contributed by atoms with E-state index in [1.165, 1.54) is 47.6 Å². The van der Waals surface area contributed by atoms with Gasteiger partial charge in [-0.2, -0.15) is 5.10 Å². The minimum atomic E-state index is 1.12. The second-order valence-corrected chi connectivity index (χ2v) is 6.06. The van der Waals surface area contributed by atoms with E-state index in [-0.39, 0.29) is 0 Å². The largest absolute Gasteiger partial charge is 0.241 e. The van der Waals surface area contributed by atoms with Crippen molar-refractivity contribution < 1.29 is 0 Å². The highest BCUT2D eigenvalue weighted by molar-refractivity contribution is 5.75. The molecule has 1 aromatic heterocycles. The molecule has 0 N–H and O–H groups in total. The van der Waals surface area contributed by atoms with Gasteiger partial charge in [0.2, 0.25) is 0 Å². The predicted octanol–water partition coefficient (Wildman–Crippen LogP) is 3.98. The van der Waals surface area contributed by atoms with Crippen molar-refractivity contribution in [2.45, 2.75) is 25.7 Å². The van der Waals surface area contributed by atoms with Gasteiger partial charge in [-0.15, -0.1) is 5.10 Å². The molecule has 0 saturated heterocycles. The van der Waals surface area contributed by atoms with E-state index >= 15 is 0 Å². The summed E-state index contributed by atoms with van der Waals surface area (Å²) in [5.74, 6) is 0. The maximum absolute atomic E-state index is 3.61. The highest BCUT2D eigenvalue weighted by atomic mass is 15.1. The lowest BCUT2D eigenvalue weighted by Gasteiger charge is -2.25. The molecule has 0 unspecified atom stereocenters. The van der Waals surface area contributed by atoms with Crippen LogP contribution in [0, 0.1) is 0 Å². The molecule has 0 atom stereocenters. The Bertz CT molecular complexity index is 843. The first-order chi connectivity index (χ1) is 11.9. The van der Waals surface area contributed by atoms with Crippen molar-refractivity contribution in [2.75, 3.05) is 0 Å². The lowest BCUT2D eigenvalue weighted by atomic mass is 9.79. The van der Waals surface area contributed by atoms with E-state index in [2.05, 4.69) is 63.7 Å². The fourth-order valence-electron chi connectivity index (χ4n) is 3.60. The number of fused-ring (bicyclic) bond motifs is 5. The number of hydrogen-bond acceptors (Lipinski definition) is 3. The number of hydrogen-bond donors (Lipinski definition) is 0. The summed E-state index contributed by atoms with van der Waals surface area (Å²) in [6.45, 7) is 0. The van der Waals surface area contributed by atoms with E-state index in [1.807, 2.05) is 0 Å². The highest BCUT2D eigenvalue weighted by Crippen LogP contribution is 2.37. The summed E-state index contributed by atoms with van der Waals surface area (Å²) in [5, 5.41) is 6.90. The van der Waals surface area contributed by atoms with Gasteiger partial charge in [0.15, 0.2) is 0 Å². The molecule has 0 aliphatic heterocycles. The lowest BCUT2D eigenvalue weighted by Crippen LogP contribution is -2.10. The molecule has 24 heavy (non-hydrogen) atoms. The van der Waals surface area contributed by atoms with Crippen LogP contribution >= 0.6 is 0 Å². The van der Waals surface area contributed by atoms with Crippen molar-refractivity contribution in [1.82, 2.24) is 15.2 Å². The number of rotatable bonds is 0. The summed E-state index contributed by atoms with van der Waals surface area (Å²) in [6, 6.07) is 13.5. The molecule has 0 saturated carbocycles.